The molecule has 2 aromatic rings. The molecule has 0 atom stereocenters. The number of carbonyl (C=O) groups excluding carboxylic acids is 2. The second-order valence-corrected chi connectivity index (χ2v) is 8.74. The molecule has 0 aromatic heterocycles. The number of ether oxygens (including phenoxy) is 1. The van der Waals surface area contributed by atoms with Crippen molar-refractivity contribution in [3.05, 3.63) is 58.0 Å². The summed E-state index contributed by atoms with van der Waals surface area (Å²) >= 11 is 9.02. The van der Waals surface area contributed by atoms with E-state index in [0.29, 0.717) is 15.2 Å². The van der Waals surface area contributed by atoms with Crippen LogP contribution in [0.2, 0.25) is 5.02 Å². The van der Waals surface area contributed by atoms with Crippen LogP contribution in [0.5, 0.6) is 0 Å². The fourth-order valence-corrected chi connectivity index (χ4v) is 3.62. The van der Waals surface area contributed by atoms with Crippen LogP contribution in [-0.2, 0) is 24.3 Å². The van der Waals surface area contributed by atoms with E-state index in [9.17, 15) is 18.0 Å². The number of hydrogen-bond donors (Lipinski definition) is 1. The summed E-state index contributed by atoms with van der Waals surface area (Å²) in [5.41, 5.74) is 0.529. The number of nitrogens with zero attached hydrogens (tertiary/aromatic N) is 1. The molecule has 0 radical (unpaired) electrons. The van der Waals surface area contributed by atoms with E-state index in [2.05, 4.69) is 21.2 Å². The summed E-state index contributed by atoms with van der Waals surface area (Å²) in [5, 5.41) is 2.97. The first-order valence-electron chi connectivity index (χ1n) is 7.62. The lowest BCUT2D eigenvalue weighted by atomic mass is 10.3. The second-order valence-electron chi connectivity index (χ2n) is 5.40. The largest absolute Gasteiger partial charge is 0.455 e. The number of anilines is 1. The lowest BCUT2D eigenvalue weighted by Crippen LogP contribution is -2.34. The molecule has 1 N–H and O–H groups in total. The van der Waals surface area contributed by atoms with E-state index in [4.69, 9.17) is 16.3 Å². The van der Waals surface area contributed by atoms with Crippen LogP contribution >= 0.6 is 27.5 Å². The normalized spacial score (nSPS) is 11.3. The van der Waals surface area contributed by atoms with Gasteiger partial charge in [-0.25, -0.2) is 8.42 Å². The molecule has 0 saturated carbocycles. The van der Waals surface area contributed by atoms with Crippen LogP contribution in [0.15, 0.2) is 57.9 Å². The molecular formula is C17H16BrClN2O5S. The Hall–Kier alpha value is -1.94. The average molecular weight is 476 g/mol. The van der Waals surface area contributed by atoms with Crippen molar-refractivity contribution in [1.82, 2.24) is 4.31 Å². The quantitative estimate of drug-likeness (QED) is 0.622. The third-order valence-corrected chi connectivity index (χ3v) is 6.15. The molecule has 0 saturated heterocycles. The van der Waals surface area contributed by atoms with Crippen LogP contribution in [0.4, 0.5) is 5.69 Å². The lowest BCUT2D eigenvalue weighted by Gasteiger charge is -2.16. The van der Waals surface area contributed by atoms with Crippen LogP contribution in [0.3, 0.4) is 0 Å². The third-order valence-electron chi connectivity index (χ3n) is 3.39. The lowest BCUT2D eigenvalue weighted by molar-refractivity contribution is -0.147. The summed E-state index contributed by atoms with van der Waals surface area (Å²) in [6, 6.07) is 12.5. The average Bonchev–Trinajstić information content (AvgIpc) is 2.62. The van der Waals surface area contributed by atoms with Crippen LogP contribution in [0.25, 0.3) is 0 Å². The van der Waals surface area contributed by atoms with Gasteiger partial charge in [0.2, 0.25) is 10.0 Å². The molecule has 0 unspecified atom stereocenters. The number of para-hydroxylation sites is 1. The number of likely N-dealkylation sites (N-methyl/N-ethyl adjacent to an activating group) is 1. The van der Waals surface area contributed by atoms with Crippen molar-refractivity contribution in [2.75, 3.05) is 25.5 Å². The Kier molecular flexibility index (Phi) is 7.37. The zero-order valence-corrected chi connectivity index (χ0v) is 17.3. The van der Waals surface area contributed by atoms with E-state index in [1.54, 1.807) is 24.3 Å². The fourth-order valence-electron chi connectivity index (χ4n) is 1.99. The topological polar surface area (TPSA) is 92.8 Å². The highest BCUT2D eigenvalue weighted by molar-refractivity contribution is 9.10. The minimum absolute atomic E-state index is 0.00568. The van der Waals surface area contributed by atoms with Crippen LogP contribution in [-0.4, -0.2) is 44.8 Å². The molecule has 2 aromatic carbocycles. The highest BCUT2D eigenvalue weighted by Gasteiger charge is 2.23. The standard InChI is InChI=1S/C17H16BrClN2O5S/c1-21(27(24,25)13-8-6-12(19)7-9-13)10-17(23)26-11-16(22)20-15-5-3-2-4-14(15)18/h2-9H,10-11H2,1H3,(H,20,22). The van der Waals surface area contributed by atoms with Crippen LogP contribution < -0.4 is 5.32 Å². The molecule has 0 aliphatic carbocycles. The van der Waals surface area contributed by atoms with Gasteiger partial charge in [-0.3, -0.25) is 9.59 Å². The van der Waals surface area contributed by atoms with E-state index in [1.165, 1.54) is 31.3 Å². The van der Waals surface area contributed by atoms with Gasteiger partial charge in [-0.15, -0.1) is 0 Å². The van der Waals surface area contributed by atoms with Crippen molar-refractivity contribution in [2.45, 2.75) is 4.90 Å². The maximum Gasteiger partial charge on any atom is 0.321 e. The number of benzene rings is 2. The number of amides is 1. The number of hydrogen-bond acceptors (Lipinski definition) is 5. The maximum absolute atomic E-state index is 12.4. The molecule has 7 nitrogen and oxygen atoms in total. The van der Waals surface area contributed by atoms with Crippen molar-refractivity contribution >= 4 is 55.1 Å². The molecule has 144 valence electrons. The molecule has 0 fully saturated rings. The minimum atomic E-state index is -3.88. The van der Waals surface area contributed by atoms with Gasteiger partial charge in [0.15, 0.2) is 6.61 Å². The first-order valence-corrected chi connectivity index (χ1v) is 10.2. The first kappa shape index (κ1) is 21.4. The number of carbonyl (C=O) groups is 2. The third kappa shape index (κ3) is 6.03. The van der Waals surface area contributed by atoms with Crippen molar-refractivity contribution in [3.63, 3.8) is 0 Å². The Morgan fingerprint density at radius 2 is 1.78 bits per heavy atom. The molecule has 0 aliphatic rings. The molecule has 0 spiro atoms. The SMILES string of the molecule is CN(CC(=O)OCC(=O)Nc1ccccc1Br)S(=O)(=O)c1ccc(Cl)cc1. The Morgan fingerprint density at radius 3 is 2.41 bits per heavy atom. The predicted octanol–water partition coefficient (Wildman–Crippen LogP) is 2.90. The van der Waals surface area contributed by atoms with Crippen LogP contribution in [0, 0.1) is 0 Å². The number of rotatable bonds is 7. The number of nitrogens with one attached hydrogen (secondary N) is 1. The smallest absolute Gasteiger partial charge is 0.321 e. The highest BCUT2D eigenvalue weighted by atomic mass is 79.9. The second kappa shape index (κ2) is 9.32. The summed E-state index contributed by atoms with van der Waals surface area (Å²) in [4.78, 5) is 23.7. The van der Waals surface area contributed by atoms with Crippen molar-refractivity contribution in [1.29, 1.82) is 0 Å². The van der Waals surface area contributed by atoms with E-state index in [0.717, 1.165) is 4.31 Å². The first-order chi connectivity index (χ1) is 12.7. The molecular weight excluding hydrogens is 460 g/mol. The summed E-state index contributed by atoms with van der Waals surface area (Å²) in [6.45, 7) is -1.07. The van der Waals surface area contributed by atoms with Gasteiger partial charge in [-0.1, -0.05) is 23.7 Å². The van der Waals surface area contributed by atoms with E-state index < -0.39 is 35.1 Å². The summed E-state index contributed by atoms with van der Waals surface area (Å²) in [7, 11) is -2.63. The van der Waals surface area contributed by atoms with Gasteiger partial charge in [-0.05, 0) is 52.3 Å². The van der Waals surface area contributed by atoms with E-state index in [1.807, 2.05) is 0 Å². The Balaban J connectivity index is 1.88. The molecule has 10 heteroatoms. The van der Waals surface area contributed by atoms with Gasteiger partial charge in [-0.2, -0.15) is 4.31 Å². The molecule has 0 heterocycles. The maximum atomic E-state index is 12.4. The molecule has 27 heavy (non-hydrogen) atoms. The van der Waals surface area contributed by atoms with Crippen LogP contribution in [0.1, 0.15) is 0 Å². The Bertz CT molecular complexity index is 935. The van der Waals surface area contributed by atoms with Gasteiger partial charge in [0, 0.05) is 16.5 Å². The van der Waals surface area contributed by atoms with Crippen molar-refractivity contribution in [2.24, 2.45) is 0 Å². The van der Waals surface area contributed by atoms with E-state index >= 15 is 0 Å². The van der Waals surface area contributed by atoms with Crippen molar-refractivity contribution in [3.8, 4) is 0 Å². The van der Waals surface area contributed by atoms with Gasteiger partial charge >= 0.3 is 5.97 Å². The predicted molar refractivity (Wildman–Crippen MR) is 105 cm³/mol. The molecule has 2 rings (SSSR count). The summed E-state index contributed by atoms with van der Waals surface area (Å²) in [5.74, 6) is -1.39. The number of halogens is 2. The highest BCUT2D eigenvalue weighted by Crippen LogP contribution is 2.21. The fraction of sp³-hybridized carbons (Fsp3) is 0.176. The zero-order chi connectivity index (χ0) is 20.0. The summed E-state index contributed by atoms with van der Waals surface area (Å²) < 4.78 is 31.1. The van der Waals surface area contributed by atoms with Crippen molar-refractivity contribution < 1.29 is 22.7 Å². The Morgan fingerprint density at radius 1 is 1.15 bits per heavy atom. The molecule has 0 aliphatic heterocycles. The minimum Gasteiger partial charge on any atom is -0.455 e. The van der Waals surface area contributed by atoms with Gasteiger partial charge in [0.1, 0.15) is 6.54 Å². The molecule has 1 amide bonds. The summed E-state index contributed by atoms with van der Waals surface area (Å²) in [6.07, 6.45) is 0. The zero-order valence-electron chi connectivity index (χ0n) is 14.2. The number of sulfonamides is 1. The van der Waals surface area contributed by atoms with E-state index in [-0.39, 0.29) is 4.90 Å². The van der Waals surface area contributed by atoms with Gasteiger partial charge in [0.25, 0.3) is 5.91 Å². The molecule has 0 bridgehead atoms. The van der Waals surface area contributed by atoms with Gasteiger partial charge in [0.05, 0.1) is 10.6 Å². The monoisotopic (exact) mass is 474 g/mol. The van der Waals surface area contributed by atoms with Gasteiger partial charge < -0.3 is 10.1 Å². The Labute approximate surface area is 170 Å². The number of esters is 1.